The van der Waals surface area contributed by atoms with Crippen LogP contribution in [-0.2, 0) is 6.42 Å². The second-order valence-corrected chi connectivity index (χ2v) is 9.30. The lowest BCUT2D eigenvalue weighted by molar-refractivity contribution is 0.0952. The minimum atomic E-state index is -0.0696. The van der Waals surface area contributed by atoms with E-state index < -0.39 is 0 Å². The number of thiophene rings is 1. The third-order valence-corrected chi connectivity index (χ3v) is 7.11. The van der Waals surface area contributed by atoms with Gasteiger partial charge in [-0.15, -0.1) is 21.5 Å². The summed E-state index contributed by atoms with van der Waals surface area (Å²) in [5.41, 5.74) is 2.30. The molecule has 1 saturated carbocycles. The molecule has 1 fully saturated rings. The zero-order chi connectivity index (χ0) is 20.9. The van der Waals surface area contributed by atoms with Crippen LogP contribution < -0.4 is 5.32 Å². The molecule has 30 heavy (non-hydrogen) atoms. The monoisotopic (exact) mass is 441 g/mol. The Bertz CT molecular complexity index is 993. The number of rotatable bonds is 8. The Balaban J connectivity index is 1.33. The van der Waals surface area contributed by atoms with Crippen molar-refractivity contribution >= 4 is 29.0 Å². The molecule has 3 aromatic rings. The highest BCUT2D eigenvalue weighted by Gasteiger charge is 2.23. The van der Waals surface area contributed by atoms with Gasteiger partial charge in [-0.3, -0.25) is 9.78 Å². The van der Waals surface area contributed by atoms with Gasteiger partial charge in [0.2, 0.25) is 0 Å². The van der Waals surface area contributed by atoms with E-state index in [1.54, 1.807) is 23.1 Å². The van der Waals surface area contributed by atoms with Crippen molar-refractivity contribution < 1.29 is 4.79 Å². The Morgan fingerprint density at radius 3 is 2.80 bits per heavy atom. The minimum Gasteiger partial charge on any atom is -0.352 e. The minimum absolute atomic E-state index is 0.0696. The van der Waals surface area contributed by atoms with Crippen molar-refractivity contribution in [3.8, 4) is 10.6 Å². The van der Waals surface area contributed by atoms with Crippen molar-refractivity contribution in [2.24, 2.45) is 0 Å². The number of pyridine rings is 1. The summed E-state index contributed by atoms with van der Waals surface area (Å²) in [7, 11) is 0. The van der Waals surface area contributed by atoms with E-state index in [0.717, 1.165) is 40.1 Å². The van der Waals surface area contributed by atoms with Gasteiger partial charge in [0.25, 0.3) is 5.91 Å². The molecule has 1 aliphatic rings. The van der Waals surface area contributed by atoms with Gasteiger partial charge in [-0.05, 0) is 56.0 Å². The lowest BCUT2D eigenvalue weighted by atomic mass is 10.1. The molecule has 3 heterocycles. The van der Waals surface area contributed by atoms with Gasteiger partial charge in [-0.2, -0.15) is 0 Å². The topological polar surface area (TPSA) is 72.7 Å². The number of carbonyl (C=O) groups is 1. The van der Waals surface area contributed by atoms with Gasteiger partial charge in [0, 0.05) is 19.0 Å². The Morgan fingerprint density at radius 2 is 2.10 bits per heavy atom. The first-order valence-corrected chi connectivity index (χ1v) is 12.6. The molecule has 0 aromatic carbocycles. The zero-order valence-electron chi connectivity index (χ0n) is 17.4. The van der Waals surface area contributed by atoms with Crippen molar-refractivity contribution in [2.75, 3.05) is 12.8 Å². The van der Waals surface area contributed by atoms with Gasteiger partial charge in [0.05, 0.1) is 21.8 Å². The lowest BCUT2D eigenvalue weighted by Gasteiger charge is -2.16. The second-order valence-electron chi connectivity index (χ2n) is 7.58. The largest absolute Gasteiger partial charge is 0.352 e. The van der Waals surface area contributed by atoms with Crippen molar-refractivity contribution in [3.63, 3.8) is 0 Å². The summed E-state index contributed by atoms with van der Waals surface area (Å²) in [5, 5.41) is 14.9. The van der Waals surface area contributed by atoms with Crippen LogP contribution in [0.2, 0.25) is 0 Å². The molecule has 1 amide bonds. The van der Waals surface area contributed by atoms with Gasteiger partial charge < -0.3 is 9.88 Å². The number of aryl methyl sites for hydroxylation is 2. The fourth-order valence-corrected chi connectivity index (χ4v) is 5.32. The summed E-state index contributed by atoms with van der Waals surface area (Å²) < 4.78 is 2.33. The number of thioether (sulfide) groups is 1. The molecule has 6 nitrogen and oxygen atoms in total. The van der Waals surface area contributed by atoms with Crippen molar-refractivity contribution in [1.82, 2.24) is 25.1 Å². The highest BCUT2D eigenvalue weighted by molar-refractivity contribution is 7.98. The van der Waals surface area contributed by atoms with E-state index in [-0.39, 0.29) is 5.91 Å². The van der Waals surface area contributed by atoms with Crippen molar-refractivity contribution in [2.45, 2.75) is 56.6 Å². The van der Waals surface area contributed by atoms with Crippen LogP contribution in [0.25, 0.3) is 10.6 Å². The highest BCUT2D eigenvalue weighted by Crippen LogP contribution is 2.33. The van der Waals surface area contributed by atoms with Crippen LogP contribution in [0.4, 0.5) is 0 Å². The van der Waals surface area contributed by atoms with E-state index in [1.807, 2.05) is 36.6 Å². The number of hydrogen-bond donors (Lipinski definition) is 1. The molecule has 0 atom stereocenters. The first-order valence-electron chi connectivity index (χ1n) is 10.4. The summed E-state index contributed by atoms with van der Waals surface area (Å²) in [4.78, 5) is 18.3. The number of aromatic nitrogens is 4. The SMILES string of the molecule is CSc1nnc(CCCNC(=O)c2ccc(-c3cccs3)nc2C)n1C1CCCC1. The average Bonchev–Trinajstić information content (AvgIpc) is 3.52. The molecule has 0 unspecified atom stereocenters. The summed E-state index contributed by atoms with van der Waals surface area (Å²) >= 11 is 3.31. The van der Waals surface area contributed by atoms with Crippen LogP contribution in [0, 0.1) is 6.92 Å². The van der Waals surface area contributed by atoms with E-state index in [4.69, 9.17) is 0 Å². The quantitative estimate of drug-likeness (QED) is 0.397. The molecule has 0 saturated heterocycles. The number of nitrogens with one attached hydrogen (secondary N) is 1. The first kappa shape index (κ1) is 21.1. The summed E-state index contributed by atoms with van der Waals surface area (Å²) in [6.45, 7) is 2.50. The van der Waals surface area contributed by atoms with Crippen molar-refractivity contribution in [3.05, 3.63) is 46.7 Å². The zero-order valence-corrected chi connectivity index (χ0v) is 19.1. The van der Waals surface area contributed by atoms with Gasteiger partial charge in [0.1, 0.15) is 5.82 Å². The smallest absolute Gasteiger partial charge is 0.253 e. The molecule has 0 aliphatic heterocycles. The molecule has 1 N–H and O–H groups in total. The molecule has 4 rings (SSSR count). The molecule has 0 bridgehead atoms. The standard InChI is InChI=1S/C22H27N5OS2/c1-15-17(11-12-18(24-15)19-9-6-14-30-19)21(28)23-13-5-10-20-25-26-22(29-2)27(20)16-7-3-4-8-16/h6,9,11-12,14,16H,3-5,7-8,10,13H2,1-2H3,(H,23,28). The maximum Gasteiger partial charge on any atom is 0.253 e. The maximum absolute atomic E-state index is 12.6. The molecule has 158 valence electrons. The van der Waals surface area contributed by atoms with E-state index in [9.17, 15) is 4.79 Å². The molecule has 8 heteroatoms. The lowest BCUT2D eigenvalue weighted by Crippen LogP contribution is -2.26. The van der Waals surface area contributed by atoms with Crippen LogP contribution in [0.3, 0.4) is 0 Å². The predicted octanol–water partition coefficient (Wildman–Crippen LogP) is 4.91. The highest BCUT2D eigenvalue weighted by atomic mass is 32.2. The molecule has 0 radical (unpaired) electrons. The van der Waals surface area contributed by atoms with Gasteiger partial charge in [0.15, 0.2) is 5.16 Å². The number of carbonyl (C=O) groups excluding carboxylic acids is 1. The van der Waals surface area contributed by atoms with E-state index in [0.29, 0.717) is 18.2 Å². The molecular formula is C22H27N5OS2. The molecule has 1 aliphatic carbocycles. The van der Waals surface area contributed by atoms with Crippen LogP contribution in [0.15, 0.2) is 34.8 Å². The van der Waals surface area contributed by atoms with Crippen molar-refractivity contribution in [1.29, 1.82) is 0 Å². The Labute approximate surface area is 185 Å². The fourth-order valence-electron chi connectivity index (χ4n) is 4.05. The van der Waals surface area contributed by atoms with Gasteiger partial charge in [-0.1, -0.05) is 30.7 Å². The first-order chi connectivity index (χ1) is 14.7. The normalized spacial score (nSPS) is 14.3. The fraction of sp³-hybridized carbons (Fsp3) is 0.455. The van der Waals surface area contributed by atoms with Gasteiger partial charge >= 0.3 is 0 Å². The Hall–Kier alpha value is -2.19. The number of amides is 1. The van der Waals surface area contributed by atoms with Crippen LogP contribution >= 0.6 is 23.1 Å². The predicted molar refractivity (Wildman–Crippen MR) is 122 cm³/mol. The number of nitrogens with zero attached hydrogens (tertiary/aromatic N) is 4. The average molecular weight is 442 g/mol. The van der Waals surface area contributed by atoms with Crippen LogP contribution in [0.1, 0.15) is 60.0 Å². The van der Waals surface area contributed by atoms with E-state index in [1.165, 1.54) is 25.7 Å². The van der Waals surface area contributed by atoms with Crippen LogP contribution in [0.5, 0.6) is 0 Å². The summed E-state index contributed by atoms with van der Waals surface area (Å²) in [6.07, 6.45) is 8.70. The molecule has 0 spiro atoms. The third kappa shape index (κ3) is 4.59. The number of hydrogen-bond acceptors (Lipinski definition) is 6. The second kappa shape index (κ2) is 9.75. The van der Waals surface area contributed by atoms with E-state index in [2.05, 4.69) is 31.3 Å². The Kier molecular flexibility index (Phi) is 6.84. The maximum atomic E-state index is 12.6. The summed E-state index contributed by atoms with van der Waals surface area (Å²) in [6, 6.07) is 8.37. The third-order valence-electron chi connectivity index (χ3n) is 5.57. The van der Waals surface area contributed by atoms with Crippen LogP contribution in [-0.4, -0.2) is 38.5 Å². The molecule has 3 aromatic heterocycles. The Morgan fingerprint density at radius 1 is 1.27 bits per heavy atom. The molecular weight excluding hydrogens is 414 g/mol. The van der Waals surface area contributed by atoms with E-state index >= 15 is 0 Å². The van der Waals surface area contributed by atoms with Gasteiger partial charge in [-0.25, -0.2) is 0 Å². The summed E-state index contributed by atoms with van der Waals surface area (Å²) in [5.74, 6) is 0.971.